The minimum Gasteiger partial charge on any atom is -0.487 e. The summed E-state index contributed by atoms with van der Waals surface area (Å²) in [6.45, 7) is -0.340. The standard InChI is InChI=1S/C23H18N2O7/c26-6-8-31-18-10-16-17(11-19(18)32-9-7-27)25-21(24-16)14-5-4-13(23(29)30)12-2-1-3-15(20(12)14)22(25)28/h1-5,10-11,26-27H,6-9H2,(H,29,30). The van der Waals surface area contributed by atoms with Gasteiger partial charge in [0.1, 0.15) is 18.9 Å². The molecule has 0 aliphatic heterocycles. The lowest BCUT2D eigenvalue weighted by atomic mass is 9.98. The van der Waals surface area contributed by atoms with E-state index in [1.807, 2.05) is 0 Å². The maximum Gasteiger partial charge on any atom is 0.336 e. The second-order valence-corrected chi connectivity index (χ2v) is 7.20. The molecule has 0 aliphatic rings. The second kappa shape index (κ2) is 7.63. The number of carboxylic acids is 1. The van der Waals surface area contributed by atoms with Crippen molar-refractivity contribution in [1.82, 2.24) is 9.38 Å². The number of nitrogens with zero attached hydrogens (tertiary/aromatic N) is 2. The predicted molar refractivity (Wildman–Crippen MR) is 117 cm³/mol. The fourth-order valence-electron chi connectivity index (χ4n) is 4.09. The highest BCUT2D eigenvalue weighted by atomic mass is 16.5. The van der Waals surface area contributed by atoms with Crippen molar-refractivity contribution in [3.63, 3.8) is 0 Å². The van der Waals surface area contributed by atoms with Gasteiger partial charge in [-0.3, -0.25) is 9.20 Å². The van der Waals surface area contributed by atoms with Gasteiger partial charge in [-0.2, -0.15) is 0 Å². The number of imidazole rings is 1. The van der Waals surface area contributed by atoms with Crippen LogP contribution in [0.15, 0.2) is 47.3 Å². The molecule has 0 radical (unpaired) electrons. The van der Waals surface area contributed by atoms with E-state index in [-0.39, 0.29) is 37.6 Å². The molecule has 3 aromatic carbocycles. The van der Waals surface area contributed by atoms with Crippen molar-refractivity contribution in [1.29, 1.82) is 0 Å². The second-order valence-electron chi connectivity index (χ2n) is 7.20. The number of benzene rings is 3. The van der Waals surface area contributed by atoms with E-state index in [4.69, 9.17) is 19.7 Å². The Bertz CT molecular complexity index is 1560. The molecular weight excluding hydrogens is 416 g/mol. The third-order valence-corrected chi connectivity index (χ3v) is 5.36. The topological polar surface area (TPSA) is 131 Å². The summed E-state index contributed by atoms with van der Waals surface area (Å²) in [6, 6.07) is 11.4. The number of ether oxygens (including phenoxy) is 2. The molecule has 0 unspecified atom stereocenters. The van der Waals surface area contributed by atoms with E-state index in [0.717, 1.165) is 0 Å². The van der Waals surface area contributed by atoms with E-state index in [1.165, 1.54) is 10.5 Å². The van der Waals surface area contributed by atoms with Gasteiger partial charge in [-0.05, 0) is 23.6 Å². The van der Waals surface area contributed by atoms with E-state index < -0.39 is 5.97 Å². The molecule has 32 heavy (non-hydrogen) atoms. The van der Waals surface area contributed by atoms with Gasteiger partial charge in [0.25, 0.3) is 5.56 Å². The lowest BCUT2D eigenvalue weighted by molar-refractivity contribution is 0.0699. The number of aliphatic hydroxyl groups is 2. The van der Waals surface area contributed by atoms with Gasteiger partial charge in [0.05, 0.1) is 29.8 Å². The molecule has 9 nitrogen and oxygen atoms in total. The summed E-state index contributed by atoms with van der Waals surface area (Å²) in [7, 11) is 0. The van der Waals surface area contributed by atoms with Crippen molar-refractivity contribution in [3.8, 4) is 11.5 Å². The first kappa shape index (κ1) is 20.0. The first-order valence-corrected chi connectivity index (χ1v) is 9.93. The molecule has 0 atom stereocenters. The summed E-state index contributed by atoms with van der Waals surface area (Å²) in [5, 5.41) is 29.9. The third-order valence-electron chi connectivity index (χ3n) is 5.36. The highest BCUT2D eigenvalue weighted by Gasteiger charge is 2.20. The molecule has 5 aromatic rings. The number of carbonyl (C=O) groups is 1. The van der Waals surface area contributed by atoms with E-state index in [9.17, 15) is 14.7 Å². The van der Waals surface area contributed by atoms with Crippen LogP contribution >= 0.6 is 0 Å². The Morgan fingerprint density at radius 1 is 0.938 bits per heavy atom. The molecule has 0 spiro atoms. The van der Waals surface area contributed by atoms with Gasteiger partial charge in [0, 0.05) is 28.3 Å². The van der Waals surface area contributed by atoms with Crippen molar-refractivity contribution in [3.05, 3.63) is 58.4 Å². The number of aromatic carboxylic acids is 1. The number of pyridine rings is 1. The molecule has 0 amide bonds. The Labute approximate surface area is 180 Å². The zero-order valence-corrected chi connectivity index (χ0v) is 16.7. The lowest BCUT2D eigenvalue weighted by Gasteiger charge is -2.12. The average Bonchev–Trinajstić information content (AvgIpc) is 3.17. The molecular formula is C23H18N2O7. The van der Waals surface area contributed by atoms with E-state index in [1.54, 1.807) is 36.4 Å². The van der Waals surface area contributed by atoms with Gasteiger partial charge < -0.3 is 24.8 Å². The number of aromatic nitrogens is 2. The van der Waals surface area contributed by atoms with E-state index >= 15 is 0 Å². The molecule has 3 N–H and O–H groups in total. The van der Waals surface area contributed by atoms with Crippen molar-refractivity contribution in [2.24, 2.45) is 0 Å². The Morgan fingerprint density at radius 2 is 1.62 bits per heavy atom. The zero-order chi connectivity index (χ0) is 22.4. The van der Waals surface area contributed by atoms with Crippen LogP contribution in [0.25, 0.3) is 38.2 Å². The smallest absolute Gasteiger partial charge is 0.336 e. The van der Waals surface area contributed by atoms with Crippen molar-refractivity contribution < 1.29 is 29.6 Å². The molecule has 5 rings (SSSR count). The number of rotatable bonds is 7. The average molecular weight is 434 g/mol. The molecule has 0 bridgehead atoms. The van der Waals surface area contributed by atoms with E-state index in [0.29, 0.717) is 49.7 Å². The number of carboxylic acid groups (broad SMARTS) is 1. The Kier molecular flexibility index (Phi) is 4.76. The number of fused-ring (bicyclic) bond motifs is 4. The van der Waals surface area contributed by atoms with E-state index in [2.05, 4.69) is 4.98 Å². The normalized spacial score (nSPS) is 11.7. The van der Waals surface area contributed by atoms with Crippen LogP contribution in [0.1, 0.15) is 10.4 Å². The minimum absolute atomic E-state index is 0.0238. The Morgan fingerprint density at radius 3 is 2.31 bits per heavy atom. The first-order chi connectivity index (χ1) is 15.5. The van der Waals surface area contributed by atoms with Crippen LogP contribution in [-0.4, -0.2) is 57.1 Å². The molecule has 0 aliphatic carbocycles. The lowest BCUT2D eigenvalue weighted by Crippen LogP contribution is -2.14. The number of hydrogen-bond acceptors (Lipinski definition) is 7. The van der Waals surface area contributed by atoms with Crippen LogP contribution in [0.2, 0.25) is 0 Å². The molecule has 162 valence electrons. The van der Waals surface area contributed by atoms with Crippen LogP contribution < -0.4 is 15.0 Å². The SMILES string of the molecule is O=C(O)c1ccc2c3c1cccc3c(=O)n1c3cc(OCCO)c(OCCO)cc3nc21. The van der Waals surface area contributed by atoms with Gasteiger partial charge in [-0.1, -0.05) is 12.1 Å². The molecule has 2 heterocycles. The summed E-state index contributed by atoms with van der Waals surface area (Å²) in [6.07, 6.45) is 0. The Balaban J connectivity index is 1.89. The number of aliphatic hydroxyl groups excluding tert-OH is 2. The van der Waals surface area contributed by atoms with Crippen molar-refractivity contribution in [2.45, 2.75) is 0 Å². The Hall–Kier alpha value is -3.95. The summed E-state index contributed by atoms with van der Waals surface area (Å²) in [5.74, 6) is -0.441. The molecule has 2 aromatic heterocycles. The third kappa shape index (κ3) is 2.90. The summed E-state index contributed by atoms with van der Waals surface area (Å²) >= 11 is 0. The van der Waals surface area contributed by atoms with Gasteiger partial charge in [-0.15, -0.1) is 0 Å². The van der Waals surface area contributed by atoms with Crippen LogP contribution in [0.4, 0.5) is 0 Å². The number of hydrogen-bond donors (Lipinski definition) is 3. The fraction of sp³-hybridized carbons (Fsp3) is 0.174. The van der Waals surface area contributed by atoms with Gasteiger partial charge in [0.15, 0.2) is 11.5 Å². The zero-order valence-electron chi connectivity index (χ0n) is 16.7. The maximum absolute atomic E-state index is 13.5. The maximum atomic E-state index is 13.5. The summed E-state index contributed by atoms with van der Waals surface area (Å²) < 4.78 is 12.6. The van der Waals surface area contributed by atoms with Gasteiger partial charge in [0.2, 0.25) is 0 Å². The molecule has 0 fully saturated rings. The fourth-order valence-corrected chi connectivity index (χ4v) is 4.09. The largest absolute Gasteiger partial charge is 0.487 e. The molecule has 0 saturated carbocycles. The van der Waals surface area contributed by atoms with Crippen molar-refractivity contribution >= 4 is 44.2 Å². The van der Waals surface area contributed by atoms with Crippen LogP contribution in [0.3, 0.4) is 0 Å². The van der Waals surface area contributed by atoms with Crippen LogP contribution in [0, 0.1) is 0 Å². The van der Waals surface area contributed by atoms with Gasteiger partial charge >= 0.3 is 5.97 Å². The first-order valence-electron chi connectivity index (χ1n) is 9.93. The summed E-state index contributed by atoms with van der Waals surface area (Å²) in [5.41, 5.74) is 1.13. The quantitative estimate of drug-likeness (QED) is 0.355. The van der Waals surface area contributed by atoms with Gasteiger partial charge in [-0.25, -0.2) is 9.78 Å². The minimum atomic E-state index is -1.07. The molecule has 9 heteroatoms. The highest BCUT2D eigenvalue weighted by molar-refractivity contribution is 6.20. The predicted octanol–water partition coefficient (Wildman–Crippen LogP) is 2.03. The van der Waals surface area contributed by atoms with Crippen LogP contribution in [0.5, 0.6) is 11.5 Å². The van der Waals surface area contributed by atoms with Crippen LogP contribution in [-0.2, 0) is 0 Å². The summed E-state index contributed by atoms with van der Waals surface area (Å²) in [4.78, 5) is 29.8. The highest BCUT2D eigenvalue weighted by Crippen LogP contribution is 2.36. The monoisotopic (exact) mass is 434 g/mol. The van der Waals surface area contributed by atoms with Crippen molar-refractivity contribution in [2.75, 3.05) is 26.4 Å². The molecule has 0 saturated heterocycles.